The molecule has 0 bridgehead atoms. The Bertz CT molecular complexity index is 575. The Morgan fingerprint density at radius 1 is 1.37 bits per heavy atom. The number of nitrogens with zero attached hydrogens (tertiary/aromatic N) is 1. The molecule has 1 aliphatic carbocycles. The molecule has 0 amide bonds. The van der Waals surface area contributed by atoms with Gasteiger partial charge in [-0.2, -0.15) is 0 Å². The van der Waals surface area contributed by atoms with Gasteiger partial charge in [-0.15, -0.1) is 11.3 Å². The molecule has 0 unspecified atom stereocenters. The molecule has 1 saturated carbocycles. The van der Waals surface area contributed by atoms with Crippen molar-refractivity contribution in [2.24, 2.45) is 0 Å². The molecule has 0 spiro atoms. The van der Waals surface area contributed by atoms with Gasteiger partial charge in [-0.1, -0.05) is 40.5 Å². The number of aromatic nitrogens is 1. The highest BCUT2D eigenvalue weighted by molar-refractivity contribution is 9.10. The van der Waals surface area contributed by atoms with Crippen molar-refractivity contribution in [3.8, 4) is 11.3 Å². The van der Waals surface area contributed by atoms with Gasteiger partial charge >= 0.3 is 0 Å². The Hall–Kier alpha value is -0.710. The van der Waals surface area contributed by atoms with E-state index in [0.717, 1.165) is 16.7 Å². The van der Waals surface area contributed by atoms with Crippen LogP contribution in [0, 0.1) is 0 Å². The Labute approximate surface area is 126 Å². The summed E-state index contributed by atoms with van der Waals surface area (Å²) in [7, 11) is 2.03. The van der Waals surface area contributed by atoms with Gasteiger partial charge in [0.05, 0.1) is 5.69 Å². The van der Waals surface area contributed by atoms with Gasteiger partial charge in [0.25, 0.3) is 0 Å². The Morgan fingerprint density at radius 3 is 2.79 bits per heavy atom. The smallest absolute Gasteiger partial charge is 0.101 e. The van der Waals surface area contributed by atoms with Crippen LogP contribution in [0.4, 0.5) is 0 Å². The minimum absolute atomic E-state index is 0.291. The molecular weight excluding hydrogens is 320 g/mol. The summed E-state index contributed by atoms with van der Waals surface area (Å²) in [5, 5.41) is 6.80. The maximum Gasteiger partial charge on any atom is 0.101 e. The largest absolute Gasteiger partial charge is 0.319 e. The van der Waals surface area contributed by atoms with Crippen LogP contribution >= 0.6 is 27.3 Å². The summed E-state index contributed by atoms with van der Waals surface area (Å²) in [6.45, 7) is 1.04. The van der Waals surface area contributed by atoms with E-state index in [1.165, 1.54) is 29.8 Å². The number of benzene rings is 1. The number of likely N-dealkylation sites (N-methyl/N-ethyl adjacent to an activating group) is 1. The van der Waals surface area contributed by atoms with Gasteiger partial charge < -0.3 is 5.32 Å². The SMILES string of the molecule is CNCC1(c2nc(-c3ccccc3Br)cs2)CCC1. The lowest BCUT2D eigenvalue weighted by molar-refractivity contribution is 0.238. The Balaban J connectivity index is 1.93. The summed E-state index contributed by atoms with van der Waals surface area (Å²) < 4.78 is 1.11. The topological polar surface area (TPSA) is 24.9 Å². The van der Waals surface area contributed by atoms with Crippen LogP contribution in [0.15, 0.2) is 34.1 Å². The molecule has 2 aromatic rings. The Morgan fingerprint density at radius 2 is 2.16 bits per heavy atom. The fourth-order valence-electron chi connectivity index (χ4n) is 2.72. The van der Waals surface area contributed by atoms with Crippen molar-refractivity contribution in [2.75, 3.05) is 13.6 Å². The summed E-state index contributed by atoms with van der Waals surface area (Å²) >= 11 is 5.41. The third-order valence-corrected chi connectivity index (χ3v) is 5.71. The summed E-state index contributed by atoms with van der Waals surface area (Å²) in [6, 6.07) is 8.29. The predicted molar refractivity (Wildman–Crippen MR) is 84.7 cm³/mol. The fraction of sp³-hybridized carbons (Fsp3) is 0.400. The zero-order valence-electron chi connectivity index (χ0n) is 10.9. The van der Waals surface area contributed by atoms with E-state index in [2.05, 4.69) is 44.8 Å². The van der Waals surface area contributed by atoms with Crippen LogP contribution in [0.3, 0.4) is 0 Å². The van der Waals surface area contributed by atoms with Crippen molar-refractivity contribution in [3.05, 3.63) is 39.1 Å². The van der Waals surface area contributed by atoms with E-state index >= 15 is 0 Å². The molecule has 0 radical (unpaired) electrons. The van der Waals surface area contributed by atoms with Crippen molar-refractivity contribution in [3.63, 3.8) is 0 Å². The second kappa shape index (κ2) is 5.35. The number of halogens is 1. The summed E-state index contributed by atoms with van der Waals surface area (Å²) in [5.41, 5.74) is 2.57. The standard InChI is InChI=1S/C15H17BrN2S/c1-17-10-15(7-4-8-15)14-18-13(9-19-14)11-5-2-3-6-12(11)16/h2-3,5-6,9,17H,4,7-8,10H2,1H3. The predicted octanol–water partition coefficient (Wildman–Crippen LogP) is 4.21. The second-order valence-electron chi connectivity index (χ2n) is 5.18. The monoisotopic (exact) mass is 336 g/mol. The molecule has 0 atom stereocenters. The average Bonchev–Trinajstić information content (AvgIpc) is 2.84. The van der Waals surface area contributed by atoms with Gasteiger partial charge in [0.1, 0.15) is 5.01 Å². The second-order valence-corrected chi connectivity index (χ2v) is 6.89. The molecule has 1 aromatic heterocycles. The van der Waals surface area contributed by atoms with E-state index in [1.54, 1.807) is 11.3 Å². The molecule has 1 aliphatic rings. The highest BCUT2D eigenvalue weighted by Crippen LogP contribution is 2.45. The van der Waals surface area contributed by atoms with Crippen LogP contribution in [0.1, 0.15) is 24.3 Å². The molecule has 1 aromatic carbocycles. The minimum Gasteiger partial charge on any atom is -0.319 e. The van der Waals surface area contributed by atoms with Crippen LogP contribution < -0.4 is 5.32 Å². The van der Waals surface area contributed by atoms with Gasteiger partial charge in [0, 0.05) is 27.4 Å². The van der Waals surface area contributed by atoms with Crippen molar-refractivity contribution < 1.29 is 0 Å². The van der Waals surface area contributed by atoms with Gasteiger partial charge in [-0.05, 0) is 26.0 Å². The van der Waals surface area contributed by atoms with E-state index in [-0.39, 0.29) is 0 Å². The maximum atomic E-state index is 4.90. The number of rotatable bonds is 4. The highest BCUT2D eigenvalue weighted by atomic mass is 79.9. The van der Waals surface area contributed by atoms with Crippen molar-refractivity contribution in [1.29, 1.82) is 0 Å². The van der Waals surface area contributed by atoms with Crippen LogP contribution in [-0.4, -0.2) is 18.6 Å². The zero-order valence-corrected chi connectivity index (χ0v) is 13.4. The summed E-state index contributed by atoms with van der Waals surface area (Å²) in [5.74, 6) is 0. The molecule has 0 saturated heterocycles. The van der Waals surface area contributed by atoms with Crippen molar-refractivity contribution >= 4 is 27.3 Å². The lowest BCUT2D eigenvalue weighted by Gasteiger charge is -2.40. The number of thiazole rings is 1. The van der Waals surface area contributed by atoms with Crippen LogP contribution in [0.25, 0.3) is 11.3 Å². The highest BCUT2D eigenvalue weighted by Gasteiger charge is 2.40. The first-order valence-corrected chi connectivity index (χ1v) is 8.28. The molecule has 1 N–H and O–H groups in total. The molecule has 2 nitrogen and oxygen atoms in total. The first-order chi connectivity index (χ1) is 9.25. The zero-order chi connectivity index (χ0) is 13.3. The number of hydrogen-bond acceptors (Lipinski definition) is 3. The van der Waals surface area contributed by atoms with Crippen molar-refractivity contribution in [2.45, 2.75) is 24.7 Å². The van der Waals surface area contributed by atoms with E-state index < -0.39 is 0 Å². The van der Waals surface area contributed by atoms with Gasteiger partial charge in [0.15, 0.2) is 0 Å². The van der Waals surface area contributed by atoms with Gasteiger partial charge in [-0.25, -0.2) is 4.98 Å². The molecular formula is C15H17BrN2S. The molecule has 100 valence electrons. The van der Waals surface area contributed by atoms with E-state index in [1.807, 2.05) is 13.1 Å². The van der Waals surface area contributed by atoms with Crippen LogP contribution in [0.2, 0.25) is 0 Å². The van der Waals surface area contributed by atoms with Crippen LogP contribution in [-0.2, 0) is 5.41 Å². The third kappa shape index (κ3) is 2.37. The molecule has 19 heavy (non-hydrogen) atoms. The van der Waals surface area contributed by atoms with E-state index in [9.17, 15) is 0 Å². The van der Waals surface area contributed by atoms with E-state index in [0.29, 0.717) is 5.41 Å². The quantitative estimate of drug-likeness (QED) is 0.904. The fourth-order valence-corrected chi connectivity index (χ4v) is 4.29. The first-order valence-electron chi connectivity index (χ1n) is 6.61. The molecule has 1 fully saturated rings. The number of hydrogen-bond donors (Lipinski definition) is 1. The molecule has 1 heterocycles. The number of nitrogens with one attached hydrogen (secondary N) is 1. The lowest BCUT2D eigenvalue weighted by Crippen LogP contribution is -2.42. The average molecular weight is 337 g/mol. The third-order valence-electron chi connectivity index (χ3n) is 3.93. The van der Waals surface area contributed by atoms with E-state index in [4.69, 9.17) is 4.98 Å². The normalized spacial score (nSPS) is 17.2. The first kappa shape index (κ1) is 13.3. The van der Waals surface area contributed by atoms with Crippen LogP contribution in [0.5, 0.6) is 0 Å². The lowest BCUT2D eigenvalue weighted by atomic mass is 9.69. The minimum atomic E-state index is 0.291. The Kier molecular flexibility index (Phi) is 3.74. The molecule has 3 rings (SSSR count). The molecule has 0 aliphatic heterocycles. The maximum absolute atomic E-state index is 4.90. The van der Waals surface area contributed by atoms with Gasteiger partial charge in [-0.3, -0.25) is 0 Å². The summed E-state index contributed by atoms with van der Waals surface area (Å²) in [4.78, 5) is 4.90. The van der Waals surface area contributed by atoms with Crippen molar-refractivity contribution in [1.82, 2.24) is 10.3 Å². The summed E-state index contributed by atoms with van der Waals surface area (Å²) in [6.07, 6.45) is 3.85. The molecule has 4 heteroatoms. The van der Waals surface area contributed by atoms with Gasteiger partial charge in [0.2, 0.25) is 0 Å².